The molecule has 2 N–H and O–H groups in total. The molecule has 3 rings (SSSR count). The van der Waals surface area contributed by atoms with Crippen molar-refractivity contribution in [3.05, 3.63) is 65.7 Å². The van der Waals surface area contributed by atoms with E-state index in [1.54, 1.807) is 7.11 Å². The fourth-order valence-electron chi connectivity index (χ4n) is 2.99. The van der Waals surface area contributed by atoms with Crippen LogP contribution in [0.5, 0.6) is 5.75 Å². The highest BCUT2D eigenvalue weighted by molar-refractivity contribution is 5.74. The molecule has 0 spiro atoms. The van der Waals surface area contributed by atoms with Crippen molar-refractivity contribution in [2.45, 2.75) is 31.5 Å². The Morgan fingerprint density at radius 1 is 1.16 bits per heavy atom. The molecule has 1 heterocycles. The lowest BCUT2D eigenvalue weighted by Crippen LogP contribution is -2.44. The van der Waals surface area contributed by atoms with Crippen LogP contribution in [-0.2, 0) is 11.3 Å². The topological polar surface area (TPSA) is 59.6 Å². The van der Waals surface area contributed by atoms with E-state index in [2.05, 4.69) is 22.8 Å². The quantitative estimate of drug-likeness (QED) is 0.877. The zero-order chi connectivity index (χ0) is 17.5. The van der Waals surface area contributed by atoms with Gasteiger partial charge in [-0.15, -0.1) is 0 Å². The fraction of sp³-hybridized carbons (Fsp3) is 0.350. The maximum Gasteiger partial charge on any atom is 0.315 e. The van der Waals surface area contributed by atoms with E-state index in [0.717, 1.165) is 29.7 Å². The largest absolute Gasteiger partial charge is 0.497 e. The molecule has 0 unspecified atom stereocenters. The third kappa shape index (κ3) is 4.97. The lowest BCUT2D eigenvalue weighted by atomic mass is 9.97. The Balaban J connectivity index is 1.47. The maximum absolute atomic E-state index is 12.2. The van der Waals surface area contributed by atoms with Crippen molar-refractivity contribution in [1.82, 2.24) is 10.6 Å². The van der Waals surface area contributed by atoms with E-state index in [9.17, 15) is 4.79 Å². The van der Waals surface area contributed by atoms with Crippen LogP contribution in [0, 0.1) is 0 Å². The van der Waals surface area contributed by atoms with E-state index in [1.807, 2.05) is 42.5 Å². The summed E-state index contributed by atoms with van der Waals surface area (Å²) in [5, 5.41) is 5.96. The van der Waals surface area contributed by atoms with E-state index >= 15 is 0 Å². The van der Waals surface area contributed by atoms with Crippen LogP contribution in [0.3, 0.4) is 0 Å². The molecule has 0 aliphatic carbocycles. The van der Waals surface area contributed by atoms with Crippen molar-refractivity contribution >= 4 is 6.03 Å². The van der Waals surface area contributed by atoms with Gasteiger partial charge in [-0.05, 0) is 36.1 Å². The van der Waals surface area contributed by atoms with Gasteiger partial charge in [-0.1, -0.05) is 42.5 Å². The lowest BCUT2D eigenvalue weighted by Gasteiger charge is -2.30. The molecule has 25 heavy (non-hydrogen) atoms. The third-order valence-corrected chi connectivity index (χ3v) is 4.40. The van der Waals surface area contributed by atoms with Gasteiger partial charge in [0.05, 0.1) is 13.2 Å². The molecule has 2 atom stereocenters. The lowest BCUT2D eigenvalue weighted by molar-refractivity contribution is 0.00225. The molecule has 0 radical (unpaired) electrons. The van der Waals surface area contributed by atoms with E-state index in [-0.39, 0.29) is 18.2 Å². The van der Waals surface area contributed by atoms with Crippen molar-refractivity contribution in [2.75, 3.05) is 13.7 Å². The molecule has 2 aromatic carbocycles. The number of hydrogen-bond acceptors (Lipinski definition) is 3. The van der Waals surface area contributed by atoms with Crippen LogP contribution in [0.1, 0.15) is 30.1 Å². The van der Waals surface area contributed by atoms with Crippen molar-refractivity contribution in [2.24, 2.45) is 0 Å². The highest BCUT2D eigenvalue weighted by Crippen LogP contribution is 2.27. The Bertz CT molecular complexity index is 673. The van der Waals surface area contributed by atoms with Gasteiger partial charge in [-0.25, -0.2) is 4.79 Å². The molecule has 5 heteroatoms. The minimum atomic E-state index is -0.144. The molecule has 132 valence electrons. The molecule has 1 aliphatic rings. The summed E-state index contributed by atoms with van der Waals surface area (Å²) in [6.45, 7) is 1.14. The minimum absolute atomic E-state index is 0.0434. The maximum atomic E-state index is 12.2. The number of rotatable bonds is 5. The number of ether oxygens (including phenoxy) is 2. The Morgan fingerprint density at radius 2 is 1.92 bits per heavy atom. The number of carbonyl (C=O) groups is 1. The summed E-state index contributed by atoms with van der Waals surface area (Å²) in [4.78, 5) is 12.2. The van der Waals surface area contributed by atoms with Gasteiger partial charge in [0.25, 0.3) is 0 Å². The summed E-state index contributed by atoms with van der Waals surface area (Å²) in [5.74, 6) is 0.808. The molecule has 0 bridgehead atoms. The van der Waals surface area contributed by atoms with Crippen LogP contribution in [0.4, 0.5) is 4.79 Å². The molecular weight excluding hydrogens is 316 g/mol. The number of benzene rings is 2. The summed E-state index contributed by atoms with van der Waals surface area (Å²) >= 11 is 0. The first-order valence-electron chi connectivity index (χ1n) is 8.58. The fourth-order valence-corrected chi connectivity index (χ4v) is 2.99. The van der Waals surface area contributed by atoms with E-state index in [4.69, 9.17) is 9.47 Å². The predicted molar refractivity (Wildman–Crippen MR) is 96.5 cm³/mol. The van der Waals surface area contributed by atoms with Gasteiger partial charge < -0.3 is 20.1 Å². The zero-order valence-corrected chi connectivity index (χ0v) is 14.4. The van der Waals surface area contributed by atoms with Crippen LogP contribution in [0.15, 0.2) is 54.6 Å². The van der Waals surface area contributed by atoms with Crippen LogP contribution < -0.4 is 15.4 Å². The van der Waals surface area contributed by atoms with Gasteiger partial charge >= 0.3 is 6.03 Å². The molecule has 2 aromatic rings. The van der Waals surface area contributed by atoms with Crippen LogP contribution in [-0.4, -0.2) is 25.8 Å². The van der Waals surface area contributed by atoms with Crippen LogP contribution in [0.2, 0.25) is 0 Å². The second kappa shape index (κ2) is 8.53. The standard InChI is InChI=1S/C20H24N2O3/c1-24-18-9-7-15(8-10-18)14-21-20(23)22-17-11-12-25-19(13-17)16-5-3-2-4-6-16/h2-10,17,19H,11-14H2,1H3,(H2,21,22,23)/t17-,19-/m1/s1. The Morgan fingerprint density at radius 3 is 2.64 bits per heavy atom. The van der Waals surface area contributed by atoms with Crippen LogP contribution in [0.25, 0.3) is 0 Å². The summed E-state index contributed by atoms with van der Waals surface area (Å²) in [7, 11) is 1.64. The van der Waals surface area contributed by atoms with E-state index < -0.39 is 0 Å². The zero-order valence-electron chi connectivity index (χ0n) is 14.4. The highest BCUT2D eigenvalue weighted by Gasteiger charge is 2.24. The van der Waals surface area contributed by atoms with Gasteiger partial charge in [-0.3, -0.25) is 0 Å². The minimum Gasteiger partial charge on any atom is -0.497 e. The summed E-state index contributed by atoms with van der Waals surface area (Å²) < 4.78 is 11.0. The first-order chi connectivity index (χ1) is 12.2. The van der Waals surface area contributed by atoms with Crippen molar-refractivity contribution < 1.29 is 14.3 Å². The number of nitrogens with one attached hydrogen (secondary N) is 2. The number of urea groups is 1. The SMILES string of the molecule is COc1ccc(CNC(=O)N[C@@H]2CCO[C@@H](c3ccccc3)C2)cc1. The molecule has 1 fully saturated rings. The smallest absolute Gasteiger partial charge is 0.315 e. The van der Waals surface area contributed by atoms with Crippen molar-refractivity contribution in [1.29, 1.82) is 0 Å². The Hall–Kier alpha value is -2.53. The Labute approximate surface area is 148 Å². The number of carbonyl (C=O) groups excluding carboxylic acids is 1. The molecule has 5 nitrogen and oxygen atoms in total. The second-order valence-electron chi connectivity index (χ2n) is 6.17. The first kappa shape index (κ1) is 17.3. The first-order valence-corrected chi connectivity index (χ1v) is 8.58. The van der Waals surface area contributed by atoms with E-state index in [0.29, 0.717) is 13.2 Å². The number of methoxy groups -OCH3 is 1. The number of amides is 2. The van der Waals surface area contributed by atoms with Gasteiger partial charge in [0, 0.05) is 19.2 Å². The second-order valence-corrected chi connectivity index (χ2v) is 6.17. The number of hydrogen-bond donors (Lipinski definition) is 2. The summed E-state index contributed by atoms with van der Waals surface area (Å²) in [6, 6.07) is 17.8. The molecule has 0 saturated carbocycles. The molecule has 0 aromatic heterocycles. The van der Waals surface area contributed by atoms with E-state index in [1.165, 1.54) is 0 Å². The van der Waals surface area contributed by atoms with Gasteiger partial charge in [0.1, 0.15) is 5.75 Å². The average molecular weight is 340 g/mol. The monoisotopic (exact) mass is 340 g/mol. The normalized spacial score (nSPS) is 19.9. The van der Waals surface area contributed by atoms with Crippen molar-refractivity contribution in [3.8, 4) is 5.75 Å². The molecule has 1 saturated heterocycles. The molecular formula is C20H24N2O3. The van der Waals surface area contributed by atoms with Gasteiger partial charge in [0.15, 0.2) is 0 Å². The highest BCUT2D eigenvalue weighted by atomic mass is 16.5. The van der Waals surface area contributed by atoms with Crippen molar-refractivity contribution in [3.63, 3.8) is 0 Å². The van der Waals surface area contributed by atoms with Crippen LogP contribution >= 0.6 is 0 Å². The summed E-state index contributed by atoms with van der Waals surface area (Å²) in [6.07, 6.45) is 1.67. The molecule has 1 aliphatic heterocycles. The predicted octanol–water partition coefficient (Wildman–Crippen LogP) is 3.41. The van der Waals surface area contributed by atoms with Gasteiger partial charge in [-0.2, -0.15) is 0 Å². The third-order valence-electron chi connectivity index (χ3n) is 4.40. The summed E-state index contributed by atoms with van der Waals surface area (Å²) in [5.41, 5.74) is 2.19. The molecule has 2 amide bonds. The average Bonchev–Trinajstić information content (AvgIpc) is 2.68. The van der Waals surface area contributed by atoms with Gasteiger partial charge in [0.2, 0.25) is 0 Å². The Kier molecular flexibility index (Phi) is 5.90.